The van der Waals surface area contributed by atoms with Crippen LogP contribution >= 0.6 is 0 Å². The van der Waals surface area contributed by atoms with Gasteiger partial charge >= 0.3 is 0 Å². The molecule has 1 aliphatic carbocycles. The van der Waals surface area contributed by atoms with Crippen molar-refractivity contribution in [2.24, 2.45) is 5.92 Å². The van der Waals surface area contributed by atoms with Gasteiger partial charge < -0.3 is 10.1 Å². The Hall–Kier alpha value is -0.0800. The lowest BCUT2D eigenvalue weighted by Crippen LogP contribution is -2.36. The molecule has 84 valence electrons. The summed E-state index contributed by atoms with van der Waals surface area (Å²) in [6, 6.07) is 0.752. The molecule has 0 heterocycles. The van der Waals surface area contributed by atoms with Crippen LogP contribution in [-0.2, 0) is 4.74 Å². The van der Waals surface area contributed by atoms with E-state index in [9.17, 15) is 0 Å². The predicted molar refractivity (Wildman–Crippen MR) is 60.5 cm³/mol. The average molecular weight is 199 g/mol. The number of hydrogen-bond acceptors (Lipinski definition) is 2. The number of rotatable bonds is 5. The number of ether oxygens (including phenoxy) is 1. The summed E-state index contributed by atoms with van der Waals surface area (Å²) in [5, 5.41) is 3.64. The highest BCUT2D eigenvalue weighted by Crippen LogP contribution is 2.25. The minimum Gasteiger partial charge on any atom is -0.379 e. The van der Waals surface area contributed by atoms with Gasteiger partial charge in [-0.3, -0.25) is 0 Å². The molecule has 0 aliphatic heterocycles. The molecule has 1 fully saturated rings. The first kappa shape index (κ1) is 12.0. The normalized spacial score (nSPS) is 28.3. The fourth-order valence-electron chi connectivity index (χ4n) is 2.11. The highest BCUT2D eigenvalue weighted by molar-refractivity contribution is 4.81. The lowest BCUT2D eigenvalue weighted by atomic mass is 10.0. The third kappa shape index (κ3) is 3.58. The van der Waals surface area contributed by atoms with Gasteiger partial charge in [-0.05, 0) is 45.6 Å². The van der Waals surface area contributed by atoms with Crippen LogP contribution in [0.3, 0.4) is 0 Å². The lowest BCUT2D eigenvalue weighted by molar-refractivity contribution is 0.0151. The molecule has 0 aromatic carbocycles. The molecule has 0 radical (unpaired) electrons. The van der Waals surface area contributed by atoms with Crippen LogP contribution in [0.4, 0.5) is 0 Å². The molecule has 0 amide bonds. The van der Waals surface area contributed by atoms with E-state index in [4.69, 9.17) is 4.74 Å². The molecule has 0 aromatic rings. The molecule has 2 atom stereocenters. The van der Waals surface area contributed by atoms with Gasteiger partial charge in [-0.2, -0.15) is 0 Å². The summed E-state index contributed by atoms with van der Waals surface area (Å²) in [5.41, 5.74) is 0.0227. The zero-order chi connectivity index (χ0) is 10.6. The van der Waals surface area contributed by atoms with Gasteiger partial charge in [0.25, 0.3) is 0 Å². The average Bonchev–Trinajstić information content (AvgIpc) is 2.52. The Morgan fingerprint density at radius 3 is 2.57 bits per heavy atom. The third-order valence-electron chi connectivity index (χ3n) is 3.55. The van der Waals surface area contributed by atoms with Crippen LogP contribution in [0.25, 0.3) is 0 Å². The topological polar surface area (TPSA) is 21.3 Å². The van der Waals surface area contributed by atoms with Crippen LogP contribution in [0.2, 0.25) is 0 Å². The quantitative estimate of drug-likeness (QED) is 0.735. The molecule has 1 N–H and O–H groups in total. The molecule has 0 bridgehead atoms. The van der Waals surface area contributed by atoms with Gasteiger partial charge in [-0.1, -0.05) is 13.3 Å². The Morgan fingerprint density at radius 2 is 2.07 bits per heavy atom. The van der Waals surface area contributed by atoms with Gasteiger partial charge in [-0.25, -0.2) is 0 Å². The molecule has 2 heteroatoms. The number of methoxy groups -OCH3 is 1. The van der Waals surface area contributed by atoms with Crippen molar-refractivity contribution in [2.45, 2.75) is 58.1 Å². The van der Waals surface area contributed by atoms with Crippen LogP contribution < -0.4 is 5.32 Å². The first-order valence-corrected chi connectivity index (χ1v) is 5.84. The van der Waals surface area contributed by atoms with E-state index in [1.807, 2.05) is 0 Å². The molecule has 2 nitrogen and oxygen atoms in total. The Labute approximate surface area is 88.4 Å². The first-order chi connectivity index (χ1) is 6.55. The van der Waals surface area contributed by atoms with Gasteiger partial charge in [0.1, 0.15) is 0 Å². The molecule has 0 aromatic heterocycles. The second-order valence-corrected chi connectivity index (χ2v) is 5.18. The van der Waals surface area contributed by atoms with Crippen molar-refractivity contribution in [3.63, 3.8) is 0 Å². The molecule has 1 rings (SSSR count). The van der Waals surface area contributed by atoms with E-state index in [1.165, 1.54) is 19.3 Å². The zero-order valence-corrected chi connectivity index (χ0v) is 10.1. The molecule has 14 heavy (non-hydrogen) atoms. The standard InChI is InChI=1S/C12H25NO/c1-10-6-5-7-11(10)13-9-8-12(2,3)14-4/h10-11,13H,5-9H2,1-4H3. The van der Waals surface area contributed by atoms with Crippen LogP contribution in [0.1, 0.15) is 46.5 Å². The SMILES string of the molecule is COC(C)(C)CCNC1CCCC1C. The van der Waals surface area contributed by atoms with Gasteiger partial charge in [0.2, 0.25) is 0 Å². The maximum absolute atomic E-state index is 5.39. The molecule has 1 saturated carbocycles. The number of nitrogens with one attached hydrogen (secondary N) is 1. The summed E-state index contributed by atoms with van der Waals surface area (Å²) in [6.07, 6.45) is 5.24. The maximum atomic E-state index is 5.39. The van der Waals surface area contributed by atoms with E-state index in [0.29, 0.717) is 0 Å². The second-order valence-electron chi connectivity index (χ2n) is 5.18. The Morgan fingerprint density at radius 1 is 1.36 bits per heavy atom. The van der Waals surface area contributed by atoms with E-state index >= 15 is 0 Å². The Balaban J connectivity index is 2.15. The largest absolute Gasteiger partial charge is 0.379 e. The van der Waals surface area contributed by atoms with Crippen LogP contribution in [0.15, 0.2) is 0 Å². The molecule has 0 saturated heterocycles. The van der Waals surface area contributed by atoms with E-state index < -0.39 is 0 Å². The molecule has 0 spiro atoms. The summed E-state index contributed by atoms with van der Waals surface area (Å²) in [4.78, 5) is 0. The smallest absolute Gasteiger partial charge is 0.0634 e. The summed E-state index contributed by atoms with van der Waals surface area (Å²) in [5.74, 6) is 0.862. The molecular weight excluding hydrogens is 174 g/mol. The van der Waals surface area contributed by atoms with Crippen molar-refractivity contribution in [1.82, 2.24) is 5.32 Å². The highest BCUT2D eigenvalue weighted by Gasteiger charge is 2.23. The maximum Gasteiger partial charge on any atom is 0.0634 e. The van der Waals surface area contributed by atoms with E-state index in [0.717, 1.165) is 24.9 Å². The van der Waals surface area contributed by atoms with Crippen LogP contribution in [0.5, 0.6) is 0 Å². The predicted octanol–water partition coefficient (Wildman–Crippen LogP) is 2.58. The van der Waals surface area contributed by atoms with Crippen molar-refractivity contribution in [2.75, 3.05) is 13.7 Å². The molecular formula is C12H25NO. The van der Waals surface area contributed by atoms with Crippen molar-refractivity contribution < 1.29 is 4.74 Å². The van der Waals surface area contributed by atoms with E-state index in [2.05, 4.69) is 26.1 Å². The highest BCUT2D eigenvalue weighted by atomic mass is 16.5. The van der Waals surface area contributed by atoms with Crippen molar-refractivity contribution in [3.05, 3.63) is 0 Å². The lowest BCUT2D eigenvalue weighted by Gasteiger charge is -2.25. The minimum atomic E-state index is 0.0227. The van der Waals surface area contributed by atoms with E-state index in [-0.39, 0.29) is 5.60 Å². The van der Waals surface area contributed by atoms with Gasteiger partial charge in [0, 0.05) is 13.2 Å². The minimum absolute atomic E-state index is 0.0227. The van der Waals surface area contributed by atoms with Gasteiger partial charge in [0.15, 0.2) is 0 Å². The zero-order valence-electron chi connectivity index (χ0n) is 10.1. The third-order valence-corrected chi connectivity index (χ3v) is 3.55. The van der Waals surface area contributed by atoms with Gasteiger partial charge in [-0.15, -0.1) is 0 Å². The Bertz CT molecular complexity index is 168. The van der Waals surface area contributed by atoms with Crippen LogP contribution in [-0.4, -0.2) is 25.3 Å². The van der Waals surface area contributed by atoms with Crippen molar-refractivity contribution >= 4 is 0 Å². The van der Waals surface area contributed by atoms with E-state index in [1.54, 1.807) is 7.11 Å². The number of hydrogen-bond donors (Lipinski definition) is 1. The summed E-state index contributed by atoms with van der Waals surface area (Å²) >= 11 is 0. The molecule has 1 aliphatic rings. The fraction of sp³-hybridized carbons (Fsp3) is 1.00. The summed E-state index contributed by atoms with van der Waals surface area (Å²) in [6.45, 7) is 7.72. The van der Waals surface area contributed by atoms with Crippen molar-refractivity contribution in [3.8, 4) is 0 Å². The van der Waals surface area contributed by atoms with Crippen LogP contribution in [0, 0.1) is 5.92 Å². The summed E-state index contributed by atoms with van der Waals surface area (Å²) < 4.78 is 5.39. The fourth-order valence-corrected chi connectivity index (χ4v) is 2.11. The summed E-state index contributed by atoms with van der Waals surface area (Å²) in [7, 11) is 1.79. The van der Waals surface area contributed by atoms with Crippen molar-refractivity contribution in [1.29, 1.82) is 0 Å². The first-order valence-electron chi connectivity index (χ1n) is 5.84. The monoisotopic (exact) mass is 199 g/mol. The molecule has 2 unspecified atom stereocenters. The van der Waals surface area contributed by atoms with Gasteiger partial charge in [0.05, 0.1) is 5.60 Å². The Kier molecular flexibility index (Phi) is 4.39. The second kappa shape index (κ2) is 5.13.